The zero-order valence-electron chi connectivity index (χ0n) is 16.7. The number of pyridine rings is 1. The van der Waals surface area contributed by atoms with Gasteiger partial charge in [-0.2, -0.15) is 0 Å². The Morgan fingerprint density at radius 3 is 2.72 bits per heavy atom. The molecule has 0 aliphatic carbocycles. The number of aliphatic carboxylic acids is 1. The quantitative estimate of drug-likeness (QED) is 0.693. The second-order valence-electron chi connectivity index (χ2n) is 7.51. The fourth-order valence-electron chi connectivity index (χ4n) is 3.80. The molecular formula is C21H18ClF2N3O5. The maximum atomic E-state index is 13.2. The first-order chi connectivity index (χ1) is 15.1. The molecule has 0 spiro atoms. The molecule has 2 aliphatic heterocycles. The minimum Gasteiger partial charge on any atom is -0.480 e. The minimum atomic E-state index is -3.74. The number of urea groups is 1. The van der Waals surface area contributed by atoms with Crippen molar-refractivity contribution in [2.75, 3.05) is 0 Å². The van der Waals surface area contributed by atoms with E-state index in [4.69, 9.17) is 11.6 Å². The van der Waals surface area contributed by atoms with Crippen LogP contribution in [-0.4, -0.2) is 39.3 Å². The van der Waals surface area contributed by atoms with Crippen molar-refractivity contribution in [1.82, 2.24) is 15.2 Å². The monoisotopic (exact) mass is 465 g/mol. The van der Waals surface area contributed by atoms with Gasteiger partial charge in [0.15, 0.2) is 11.5 Å². The van der Waals surface area contributed by atoms with Crippen molar-refractivity contribution >= 4 is 23.6 Å². The molecule has 2 aliphatic rings. The van der Waals surface area contributed by atoms with E-state index >= 15 is 0 Å². The number of aromatic nitrogens is 1. The fourth-order valence-corrected chi connectivity index (χ4v) is 4.00. The zero-order chi connectivity index (χ0) is 23.2. The van der Waals surface area contributed by atoms with Crippen molar-refractivity contribution in [2.45, 2.75) is 31.7 Å². The molecule has 0 radical (unpaired) electrons. The van der Waals surface area contributed by atoms with E-state index in [1.165, 1.54) is 24.4 Å². The van der Waals surface area contributed by atoms with Crippen LogP contribution >= 0.6 is 11.6 Å². The predicted octanol–water partition coefficient (Wildman–Crippen LogP) is 3.97. The molecule has 8 nitrogen and oxygen atoms in total. The zero-order valence-corrected chi connectivity index (χ0v) is 17.5. The van der Waals surface area contributed by atoms with E-state index in [1.807, 2.05) is 0 Å². The molecule has 2 aromatic rings. The molecule has 1 saturated heterocycles. The van der Waals surface area contributed by atoms with Gasteiger partial charge in [-0.05, 0) is 42.7 Å². The molecule has 0 saturated carbocycles. The van der Waals surface area contributed by atoms with E-state index in [0.29, 0.717) is 22.7 Å². The Bertz CT molecular complexity index is 1110. The average molecular weight is 466 g/mol. The van der Waals surface area contributed by atoms with Gasteiger partial charge in [-0.15, -0.1) is 8.78 Å². The van der Waals surface area contributed by atoms with Crippen LogP contribution < -0.4 is 14.8 Å². The van der Waals surface area contributed by atoms with E-state index in [0.717, 1.165) is 10.5 Å². The summed E-state index contributed by atoms with van der Waals surface area (Å²) in [6.45, 7) is 5.49. The molecule has 1 fully saturated rings. The maximum absolute atomic E-state index is 13.2. The number of carbonyl (C=O) groups excluding carboxylic acids is 1. The SMILES string of the molecule is C=C1[C@H](Cc2cncc(Cl)c2)[C@@H](C(=O)O)N1C(=O)N[C@H](C)c1ccc2c(c1)OC(F)(F)O2. The van der Waals surface area contributed by atoms with Crippen molar-refractivity contribution in [3.63, 3.8) is 0 Å². The lowest BCUT2D eigenvalue weighted by Gasteiger charge is -2.47. The number of nitrogens with one attached hydrogen (secondary N) is 1. The van der Waals surface area contributed by atoms with E-state index in [1.54, 1.807) is 19.2 Å². The largest absolute Gasteiger partial charge is 0.586 e. The summed E-state index contributed by atoms with van der Waals surface area (Å²) in [5.41, 5.74) is 1.53. The standard InChI is InChI=1S/C21H18ClF2N3O5/c1-10(13-3-4-16-17(7-13)32-21(23,24)31-16)26-20(30)27-11(2)15(18(27)19(28)29)6-12-5-14(22)9-25-8-12/h3-5,7-10,15,18H,2,6H2,1H3,(H,26,30)(H,28,29)/t10-,15+,18+/m1/s1. The Hall–Kier alpha value is -3.40. The van der Waals surface area contributed by atoms with Gasteiger partial charge in [-0.25, -0.2) is 9.59 Å². The van der Waals surface area contributed by atoms with Crippen LogP contribution in [0.5, 0.6) is 11.5 Å². The summed E-state index contributed by atoms with van der Waals surface area (Å²) in [5, 5.41) is 12.8. The van der Waals surface area contributed by atoms with Crippen LogP contribution in [0.3, 0.4) is 0 Å². The third-order valence-electron chi connectivity index (χ3n) is 5.35. The number of nitrogens with zero attached hydrogens (tertiary/aromatic N) is 2. The van der Waals surface area contributed by atoms with E-state index in [9.17, 15) is 23.5 Å². The number of ether oxygens (including phenoxy) is 2. The Balaban J connectivity index is 1.45. The molecule has 32 heavy (non-hydrogen) atoms. The molecule has 2 amide bonds. The van der Waals surface area contributed by atoms with Gasteiger partial charge >= 0.3 is 18.3 Å². The van der Waals surface area contributed by atoms with Crippen molar-refractivity contribution < 1.29 is 33.0 Å². The summed E-state index contributed by atoms with van der Waals surface area (Å²) < 4.78 is 35.2. The highest BCUT2D eigenvalue weighted by Gasteiger charge is 2.50. The van der Waals surface area contributed by atoms with Gasteiger partial charge in [-0.1, -0.05) is 24.2 Å². The first-order valence-electron chi connectivity index (χ1n) is 9.56. The van der Waals surface area contributed by atoms with Gasteiger partial charge < -0.3 is 19.9 Å². The van der Waals surface area contributed by atoms with Gasteiger partial charge in [0.25, 0.3) is 0 Å². The van der Waals surface area contributed by atoms with Crippen molar-refractivity contribution in [1.29, 1.82) is 0 Å². The van der Waals surface area contributed by atoms with Gasteiger partial charge in [0.2, 0.25) is 0 Å². The van der Waals surface area contributed by atoms with Crippen LogP contribution in [0.15, 0.2) is 48.9 Å². The van der Waals surface area contributed by atoms with Crippen LogP contribution in [-0.2, 0) is 11.2 Å². The molecule has 1 aromatic carbocycles. The third-order valence-corrected chi connectivity index (χ3v) is 5.56. The summed E-state index contributed by atoms with van der Waals surface area (Å²) in [4.78, 5) is 29.7. The number of carbonyl (C=O) groups is 2. The van der Waals surface area contributed by atoms with Crippen LogP contribution in [0.1, 0.15) is 24.1 Å². The van der Waals surface area contributed by atoms with Crippen molar-refractivity contribution in [2.24, 2.45) is 5.92 Å². The Morgan fingerprint density at radius 1 is 1.31 bits per heavy atom. The highest BCUT2D eigenvalue weighted by molar-refractivity contribution is 6.30. The Kier molecular flexibility index (Phi) is 5.41. The van der Waals surface area contributed by atoms with Gasteiger partial charge in [0.1, 0.15) is 6.04 Å². The summed E-state index contributed by atoms with van der Waals surface area (Å²) in [7, 11) is 0. The normalized spacial score (nSPS) is 21.6. The number of hydrogen-bond acceptors (Lipinski definition) is 5. The number of alkyl halides is 2. The van der Waals surface area contributed by atoms with Gasteiger partial charge in [-0.3, -0.25) is 9.88 Å². The molecule has 11 heteroatoms. The molecular weight excluding hydrogens is 448 g/mol. The minimum absolute atomic E-state index is 0.113. The Labute approximate surface area is 186 Å². The van der Waals surface area contributed by atoms with Crippen LogP contribution in [0.4, 0.5) is 13.6 Å². The highest BCUT2D eigenvalue weighted by atomic mass is 35.5. The topological polar surface area (TPSA) is 101 Å². The number of rotatable bonds is 5. The van der Waals surface area contributed by atoms with E-state index in [-0.39, 0.29) is 11.5 Å². The number of hydrogen-bond donors (Lipinski definition) is 2. The summed E-state index contributed by atoms with van der Waals surface area (Å²) in [6.07, 6.45) is -0.399. The third kappa shape index (κ3) is 4.05. The van der Waals surface area contributed by atoms with Gasteiger partial charge in [0, 0.05) is 24.0 Å². The van der Waals surface area contributed by atoms with E-state index in [2.05, 4.69) is 26.4 Å². The molecule has 2 N–H and O–H groups in total. The lowest BCUT2D eigenvalue weighted by Crippen LogP contribution is -2.63. The van der Waals surface area contributed by atoms with Crippen LogP contribution in [0.25, 0.3) is 0 Å². The number of carboxylic acid groups (broad SMARTS) is 1. The molecule has 1 aromatic heterocycles. The lowest BCUT2D eigenvalue weighted by molar-refractivity contribution is -0.286. The molecule has 0 unspecified atom stereocenters. The predicted molar refractivity (Wildman–Crippen MR) is 108 cm³/mol. The highest BCUT2D eigenvalue weighted by Crippen LogP contribution is 2.42. The molecule has 168 valence electrons. The number of benzene rings is 1. The maximum Gasteiger partial charge on any atom is 0.586 e. The van der Waals surface area contributed by atoms with Gasteiger partial charge in [0.05, 0.1) is 11.1 Å². The Morgan fingerprint density at radius 2 is 2.03 bits per heavy atom. The van der Waals surface area contributed by atoms with Crippen molar-refractivity contribution in [3.8, 4) is 11.5 Å². The molecule has 4 rings (SSSR count). The molecule has 3 heterocycles. The average Bonchev–Trinajstić information content (AvgIpc) is 3.02. The summed E-state index contributed by atoms with van der Waals surface area (Å²) in [5.74, 6) is -1.95. The van der Waals surface area contributed by atoms with E-state index < -0.39 is 36.3 Å². The fraction of sp³-hybridized carbons (Fsp3) is 0.286. The first-order valence-corrected chi connectivity index (χ1v) is 9.94. The number of likely N-dealkylation sites (tertiary alicyclic amines) is 1. The number of fused-ring (bicyclic) bond motifs is 1. The number of amides is 2. The van der Waals surface area contributed by atoms with Crippen molar-refractivity contribution in [3.05, 3.63) is 65.1 Å². The second-order valence-corrected chi connectivity index (χ2v) is 7.95. The molecule has 0 bridgehead atoms. The smallest absolute Gasteiger partial charge is 0.480 e. The lowest BCUT2D eigenvalue weighted by atomic mass is 9.80. The summed E-state index contributed by atoms with van der Waals surface area (Å²) in [6, 6.07) is 3.39. The molecule has 3 atom stereocenters. The summed E-state index contributed by atoms with van der Waals surface area (Å²) >= 11 is 5.94. The number of carboxylic acids is 1. The number of halogens is 3. The van der Waals surface area contributed by atoms with Crippen LogP contribution in [0.2, 0.25) is 5.02 Å². The van der Waals surface area contributed by atoms with Crippen LogP contribution in [0, 0.1) is 5.92 Å². The first kappa shape index (κ1) is 21.8. The second kappa shape index (κ2) is 7.94.